The Labute approximate surface area is 138 Å². The molecule has 2 aromatic heterocycles. The summed E-state index contributed by atoms with van der Waals surface area (Å²) >= 11 is 0. The van der Waals surface area contributed by atoms with Gasteiger partial charge in [0.25, 0.3) is 0 Å². The average molecular weight is 334 g/mol. The van der Waals surface area contributed by atoms with Crippen molar-refractivity contribution in [3.63, 3.8) is 0 Å². The highest BCUT2D eigenvalue weighted by molar-refractivity contribution is 5.26. The Bertz CT molecular complexity index is 562. The summed E-state index contributed by atoms with van der Waals surface area (Å²) in [6.45, 7) is 3.01. The fourth-order valence-corrected chi connectivity index (χ4v) is 1.96. The van der Waals surface area contributed by atoms with E-state index in [4.69, 9.17) is 22.9 Å². The first-order chi connectivity index (χ1) is 11.5. The van der Waals surface area contributed by atoms with Gasteiger partial charge < -0.3 is 33.6 Å². The Hall–Kier alpha value is -2.86. The second-order valence-corrected chi connectivity index (χ2v) is 4.94. The van der Waals surface area contributed by atoms with Gasteiger partial charge in [-0.1, -0.05) is 0 Å². The van der Waals surface area contributed by atoms with Crippen LogP contribution in [-0.2, 0) is 12.8 Å². The number of nitrogens with two attached hydrogens (primary N) is 4. The maximum atomic E-state index is 5.51. The normalized spacial score (nSPS) is 10.8. The zero-order valence-electron chi connectivity index (χ0n) is 13.2. The Balaban J connectivity index is 1.55. The third-order valence-electron chi connectivity index (χ3n) is 2.96. The highest BCUT2D eigenvalue weighted by Gasteiger charge is 2.02. The quantitative estimate of drug-likeness (QED) is 0.260. The molecular weight excluding hydrogens is 312 g/mol. The highest BCUT2D eigenvalue weighted by Crippen LogP contribution is 1.99. The van der Waals surface area contributed by atoms with E-state index in [2.05, 4.69) is 40.5 Å². The fourth-order valence-electron chi connectivity index (χ4n) is 1.96. The summed E-state index contributed by atoms with van der Waals surface area (Å²) in [6, 6.07) is 0. The molecule has 10 N–H and O–H groups in total. The van der Waals surface area contributed by atoms with Crippen LogP contribution < -0.4 is 33.6 Å². The van der Waals surface area contributed by atoms with Crippen molar-refractivity contribution in [2.45, 2.75) is 12.8 Å². The predicted molar refractivity (Wildman–Crippen MR) is 90.5 cm³/mol. The number of nitrogens with zero attached hydrogens (tertiary/aromatic N) is 6. The van der Waals surface area contributed by atoms with Gasteiger partial charge >= 0.3 is 0 Å². The first-order valence-corrected chi connectivity index (χ1v) is 7.46. The summed E-state index contributed by atoms with van der Waals surface area (Å²) in [4.78, 5) is 23.5. The molecule has 0 spiro atoms. The van der Waals surface area contributed by atoms with Crippen LogP contribution in [0.25, 0.3) is 0 Å². The summed E-state index contributed by atoms with van der Waals surface area (Å²) in [5, 5.41) is 6.53. The van der Waals surface area contributed by atoms with Crippen LogP contribution in [0.4, 0.5) is 23.8 Å². The first kappa shape index (κ1) is 17.5. The summed E-state index contributed by atoms with van der Waals surface area (Å²) in [5.74, 6) is 1.70. The third kappa shape index (κ3) is 6.10. The second kappa shape index (κ2) is 8.69. The number of hydrogen-bond acceptors (Lipinski definition) is 12. The van der Waals surface area contributed by atoms with Crippen LogP contribution in [0.15, 0.2) is 0 Å². The van der Waals surface area contributed by atoms with Gasteiger partial charge in [0.2, 0.25) is 23.8 Å². The Kier molecular flexibility index (Phi) is 6.33. The first-order valence-electron chi connectivity index (χ1n) is 7.46. The monoisotopic (exact) mass is 334 g/mol. The molecule has 24 heavy (non-hydrogen) atoms. The maximum Gasteiger partial charge on any atom is 0.225 e. The van der Waals surface area contributed by atoms with E-state index in [0.29, 0.717) is 37.6 Å². The highest BCUT2D eigenvalue weighted by atomic mass is 15.1. The molecule has 0 aromatic carbocycles. The number of hydrogen-bond donors (Lipinski definition) is 6. The molecule has 12 nitrogen and oxygen atoms in total. The number of nitrogens with one attached hydrogen (secondary N) is 2. The van der Waals surface area contributed by atoms with Crippen LogP contribution in [0.1, 0.15) is 11.6 Å². The molecule has 2 aromatic rings. The van der Waals surface area contributed by atoms with Crippen molar-refractivity contribution in [2.24, 2.45) is 0 Å². The lowest BCUT2D eigenvalue weighted by molar-refractivity contribution is 0.601. The Morgan fingerprint density at radius 3 is 1.17 bits per heavy atom. The van der Waals surface area contributed by atoms with Gasteiger partial charge in [0.05, 0.1) is 0 Å². The van der Waals surface area contributed by atoms with Crippen molar-refractivity contribution in [1.29, 1.82) is 0 Å². The van der Waals surface area contributed by atoms with Gasteiger partial charge in [0.15, 0.2) is 0 Å². The van der Waals surface area contributed by atoms with Crippen LogP contribution in [0.5, 0.6) is 0 Å². The largest absolute Gasteiger partial charge is 0.368 e. The predicted octanol–water partition coefficient (Wildman–Crippen LogP) is -2.65. The van der Waals surface area contributed by atoms with Gasteiger partial charge in [-0.05, 0) is 0 Å². The Morgan fingerprint density at radius 2 is 0.833 bits per heavy atom. The molecule has 0 unspecified atom stereocenters. The molecule has 0 saturated carbocycles. The summed E-state index contributed by atoms with van der Waals surface area (Å²) in [5.41, 5.74) is 22.0. The number of rotatable bonds is 9. The van der Waals surface area contributed by atoms with Gasteiger partial charge in [-0.25, -0.2) is 0 Å². The molecule has 0 saturated heterocycles. The minimum atomic E-state index is 0.138. The molecule has 0 aliphatic heterocycles. The molecule has 2 rings (SSSR count). The number of aromatic nitrogens is 6. The molecule has 0 aliphatic rings. The van der Waals surface area contributed by atoms with E-state index in [-0.39, 0.29) is 23.8 Å². The molecule has 2 heterocycles. The molecule has 12 heteroatoms. The summed E-state index contributed by atoms with van der Waals surface area (Å²) in [6.07, 6.45) is 1.25. The van der Waals surface area contributed by atoms with Crippen molar-refractivity contribution in [1.82, 2.24) is 40.5 Å². The van der Waals surface area contributed by atoms with Crippen LogP contribution in [0.3, 0.4) is 0 Å². The number of anilines is 4. The molecule has 0 aliphatic carbocycles. The third-order valence-corrected chi connectivity index (χ3v) is 2.96. The van der Waals surface area contributed by atoms with Gasteiger partial charge in [-0.15, -0.1) is 0 Å². The van der Waals surface area contributed by atoms with E-state index in [0.717, 1.165) is 13.1 Å². The standard InChI is InChI=1S/C12H22N12/c13-9-19-7(20-10(14)23-9)1-3-17-5-6-18-4-2-8-21-11(15)24-12(16)22-8/h17-18H,1-6H2,(H4,13,14,19,20,23)(H4,15,16,21,22,24). The minimum Gasteiger partial charge on any atom is -0.368 e. The van der Waals surface area contributed by atoms with E-state index in [1.165, 1.54) is 0 Å². The van der Waals surface area contributed by atoms with E-state index in [9.17, 15) is 0 Å². The topological polar surface area (TPSA) is 205 Å². The smallest absolute Gasteiger partial charge is 0.225 e. The molecule has 0 radical (unpaired) electrons. The van der Waals surface area contributed by atoms with Crippen molar-refractivity contribution in [2.75, 3.05) is 49.1 Å². The van der Waals surface area contributed by atoms with E-state index >= 15 is 0 Å². The van der Waals surface area contributed by atoms with Crippen molar-refractivity contribution >= 4 is 23.8 Å². The van der Waals surface area contributed by atoms with Gasteiger partial charge in [-0.2, -0.15) is 29.9 Å². The van der Waals surface area contributed by atoms with Crippen molar-refractivity contribution in [3.8, 4) is 0 Å². The molecule has 0 amide bonds. The molecule has 0 fully saturated rings. The van der Waals surface area contributed by atoms with Gasteiger partial charge in [-0.3, -0.25) is 0 Å². The van der Waals surface area contributed by atoms with E-state index < -0.39 is 0 Å². The van der Waals surface area contributed by atoms with Gasteiger partial charge in [0, 0.05) is 39.0 Å². The number of nitrogen functional groups attached to an aromatic ring is 4. The van der Waals surface area contributed by atoms with Crippen LogP contribution in [0.2, 0.25) is 0 Å². The summed E-state index contributed by atoms with van der Waals surface area (Å²) in [7, 11) is 0. The SMILES string of the molecule is Nc1nc(N)nc(CCNCCNCCc2nc(N)nc(N)n2)n1. The minimum absolute atomic E-state index is 0.138. The zero-order chi connectivity index (χ0) is 17.4. The second-order valence-electron chi connectivity index (χ2n) is 4.94. The molecular formula is C12H22N12. The van der Waals surface area contributed by atoms with Crippen LogP contribution in [-0.4, -0.2) is 56.1 Å². The van der Waals surface area contributed by atoms with Crippen molar-refractivity contribution in [3.05, 3.63) is 11.6 Å². The zero-order valence-corrected chi connectivity index (χ0v) is 13.2. The molecule has 0 atom stereocenters. The lowest BCUT2D eigenvalue weighted by Gasteiger charge is -2.07. The lowest BCUT2D eigenvalue weighted by atomic mass is 10.4. The van der Waals surface area contributed by atoms with Gasteiger partial charge in [0.1, 0.15) is 11.6 Å². The Morgan fingerprint density at radius 1 is 0.500 bits per heavy atom. The maximum absolute atomic E-state index is 5.51. The lowest BCUT2D eigenvalue weighted by Crippen LogP contribution is -2.30. The molecule has 0 bridgehead atoms. The van der Waals surface area contributed by atoms with E-state index in [1.54, 1.807) is 0 Å². The van der Waals surface area contributed by atoms with Crippen LogP contribution in [0, 0.1) is 0 Å². The summed E-state index contributed by atoms with van der Waals surface area (Å²) < 4.78 is 0. The fraction of sp³-hybridized carbons (Fsp3) is 0.500. The van der Waals surface area contributed by atoms with E-state index in [1.807, 2.05) is 0 Å². The average Bonchev–Trinajstić information content (AvgIpc) is 2.48. The van der Waals surface area contributed by atoms with Crippen molar-refractivity contribution < 1.29 is 0 Å². The van der Waals surface area contributed by atoms with Crippen LogP contribution >= 0.6 is 0 Å². The molecule has 130 valence electrons.